The van der Waals surface area contributed by atoms with Gasteiger partial charge in [-0.05, 0) is 48.9 Å². The minimum atomic E-state index is -3.90. The van der Waals surface area contributed by atoms with E-state index in [1.165, 1.54) is 36.4 Å². The van der Waals surface area contributed by atoms with E-state index in [0.29, 0.717) is 5.69 Å². The fourth-order valence-electron chi connectivity index (χ4n) is 2.77. The summed E-state index contributed by atoms with van der Waals surface area (Å²) in [5, 5.41) is 2.61. The van der Waals surface area contributed by atoms with Crippen molar-refractivity contribution >= 4 is 21.6 Å². The first-order chi connectivity index (χ1) is 13.8. The summed E-state index contributed by atoms with van der Waals surface area (Å²) < 4.78 is 40.5. The maximum Gasteiger partial charge on any atom is 0.243 e. The molecular weight excluding hydrogens is 391 g/mol. The summed E-state index contributed by atoms with van der Waals surface area (Å²) in [6, 6.07) is 20.8. The Morgan fingerprint density at radius 1 is 0.931 bits per heavy atom. The molecule has 3 rings (SSSR count). The molecule has 0 unspecified atom stereocenters. The number of rotatable bonds is 7. The van der Waals surface area contributed by atoms with Gasteiger partial charge >= 0.3 is 0 Å². The van der Waals surface area contributed by atoms with Crippen molar-refractivity contribution in [2.24, 2.45) is 0 Å². The highest BCUT2D eigenvalue weighted by Gasteiger charge is 2.27. The molecule has 1 amide bonds. The number of halogens is 1. The molecule has 0 aliphatic carbocycles. The van der Waals surface area contributed by atoms with Crippen LogP contribution in [-0.2, 0) is 21.4 Å². The molecule has 0 aromatic heterocycles. The average Bonchev–Trinajstić information content (AvgIpc) is 2.70. The normalized spacial score (nSPS) is 11.4. The highest BCUT2D eigenvalue weighted by Crippen LogP contribution is 2.19. The molecule has 0 fully saturated rings. The van der Waals surface area contributed by atoms with Crippen LogP contribution in [0, 0.1) is 12.7 Å². The van der Waals surface area contributed by atoms with Crippen molar-refractivity contribution < 1.29 is 17.6 Å². The van der Waals surface area contributed by atoms with Crippen molar-refractivity contribution in [2.75, 3.05) is 11.9 Å². The van der Waals surface area contributed by atoms with E-state index in [1.54, 1.807) is 24.3 Å². The molecular formula is C22H21FN2O3S. The van der Waals surface area contributed by atoms with E-state index in [-0.39, 0.29) is 18.0 Å². The van der Waals surface area contributed by atoms with E-state index < -0.39 is 21.7 Å². The molecule has 5 nitrogen and oxygen atoms in total. The molecule has 0 saturated heterocycles. The lowest BCUT2D eigenvalue weighted by molar-refractivity contribution is -0.116. The van der Waals surface area contributed by atoms with Crippen LogP contribution in [-0.4, -0.2) is 25.2 Å². The Morgan fingerprint density at radius 3 is 2.17 bits per heavy atom. The summed E-state index contributed by atoms with van der Waals surface area (Å²) in [6.07, 6.45) is 0. The van der Waals surface area contributed by atoms with Crippen molar-refractivity contribution in [3.8, 4) is 0 Å². The summed E-state index contributed by atoms with van der Waals surface area (Å²) in [5.41, 5.74) is 2.09. The molecule has 0 radical (unpaired) electrons. The van der Waals surface area contributed by atoms with Crippen LogP contribution < -0.4 is 5.32 Å². The highest BCUT2D eigenvalue weighted by molar-refractivity contribution is 7.89. The number of benzene rings is 3. The largest absolute Gasteiger partial charge is 0.325 e. The minimum absolute atomic E-state index is 0.0495. The van der Waals surface area contributed by atoms with Gasteiger partial charge in [-0.15, -0.1) is 0 Å². The van der Waals surface area contributed by atoms with Crippen molar-refractivity contribution in [1.82, 2.24) is 4.31 Å². The van der Waals surface area contributed by atoms with Gasteiger partial charge in [0, 0.05) is 12.2 Å². The first-order valence-corrected chi connectivity index (χ1v) is 10.4. The second-order valence-corrected chi connectivity index (χ2v) is 8.56. The molecule has 1 N–H and O–H groups in total. The Bertz CT molecular complexity index is 1070. The third-order valence-corrected chi connectivity index (χ3v) is 6.11. The van der Waals surface area contributed by atoms with Gasteiger partial charge < -0.3 is 5.32 Å². The van der Waals surface area contributed by atoms with Gasteiger partial charge in [-0.1, -0.05) is 48.0 Å². The molecule has 0 bridgehead atoms. The van der Waals surface area contributed by atoms with Crippen molar-refractivity contribution in [1.29, 1.82) is 0 Å². The van der Waals surface area contributed by atoms with Gasteiger partial charge in [0.25, 0.3) is 0 Å². The lowest BCUT2D eigenvalue weighted by Crippen LogP contribution is -2.37. The molecule has 3 aromatic rings. The standard InChI is InChI=1S/C22H21FN2O3S/c1-17-7-13-21(14-8-17)29(27,28)25(15-18-5-3-2-4-6-18)16-22(26)24-20-11-9-19(23)10-12-20/h2-14H,15-16H2,1H3,(H,24,26). The lowest BCUT2D eigenvalue weighted by atomic mass is 10.2. The van der Waals surface area contributed by atoms with Crippen LogP contribution in [0.2, 0.25) is 0 Å². The van der Waals surface area contributed by atoms with E-state index >= 15 is 0 Å². The molecule has 0 spiro atoms. The zero-order valence-electron chi connectivity index (χ0n) is 15.9. The number of sulfonamides is 1. The summed E-state index contributed by atoms with van der Waals surface area (Å²) in [5.74, 6) is -0.932. The van der Waals surface area contributed by atoms with E-state index in [0.717, 1.165) is 15.4 Å². The number of hydrogen-bond acceptors (Lipinski definition) is 3. The van der Waals surface area contributed by atoms with Gasteiger partial charge in [0.1, 0.15) is 5.82 Å². The van der Waals surface area contributed by atoms with Crippen molar-refractivity contribution in [2.45, 2.75) is 18.4 Å². The second-order valence-electron chi connectivity index (χ2n) is 6.63. The SMILES string of the molecule is Cc1ccc(S(=O)(=O)N(CC(=O)Nc2ccc(F)cc2)Cc2ccccc2)cc1. The monoisotopic (exact) mass is 412 g/mol. The second kappa shape index (κ2) is 8.98. The summed E-state index contributed by atoms with van der Waals surface area (Å²) in [7, 11) is -3.90. The maximum atomic E-state index is 13.2. The van der Waals surface area contributed by atoms with Crippen LogP contribution >= 0.6 is 0 Å². The number of amides is 1. The first-order valence-electron chi connectivity index (χ1n) is 9.01. The summed E-state index contributed by atoms with van der Waals surface area (Å²) >= 11 is 0. The van der Waals surface area contributed by atoms with E-state index in [4.69, 9.17) is 0 Å². The number of anilines is 1. The Labute approximate surface area is 169 Å². The van der Waals surface area contributed by atoms with E-state index in [2.05, 4.69) is 5.32 Å². The molecule has 0 heterocycles. The van der Waals surface area contributed by atoms with Crippen LogP contribution in [0.25, 0.3) is 0 Å². The fraction of sp³-hybridized carbons (Fsp3) is 0.136. The third-order valence-electron chi connectivity index (χ3n) is 4.31. The quantitative estimate of drug-likeness (QED) is 0.639. The predicted octanol–water partition coefficient (Wildman–Crippen LogP) is 3.96. The van der Waals surface area contributed by atoms with Gasteiger partial charge in [0.05, 0.1) is 11.4 Å². The third kappa shape index (κ3) is 5.49. The Morgan fingerprint density at radius 2 is 1.55 bits per heavy atom. The average molecular weight is 412 g/mol. The van der Waals surface area contributed by atoms with Gasteiger partial charge in [-0.25, -0.2) is 12.8 Å². The van der Waals surface area contributed by atoms with Crippen LogP contribution in [0.1, 0.15) is 11.1 Å². The Kier molecular flexibility index (Phi) is 6.41. The fourth-order valence-corrected chi connectivity index (χ4v) is 4.15. The molecule has 0 saturated carbocycles. The van der Waals surface area contributed by atoms with Crippen molar-refractivity contribution in [3.63, 3.8) is 0 Å². The highest BCUT2D eigenvalue weighted by atomic mass is 32.2. The Balaban J connectivity index is 1.85. The first kappa shape index (κ1) is 20.7. The van der Waals surface area contributed by atoms with Gasteiger partial charge in [0.15, 0.2) is 0 Å². The Hall–Kier alpha value is -3.03. The molecule has 29 heavy (non-hydrogen) atoms. The van der Waals surface area contributed by atoms with E-state index in [9.17, 15) is 17.6 Å². The minimum Gasteiger partial charge on any atom is -0.325 e. The number of carbonyl (C=O) groups excluding carboxylic acids is 1. The number of nitrogens with one attached hydrogen (secondary N) is 1. The number of hydrogen-bond donors (Lipinski definition) is 1. The van der Waals surface area contributed by atoms with Gasteiger partial charge in [-0.3, -0.25) is 4.79 Å². The number of carbonyl (C=O) groups is 1. The molecule has 7 heteroatoms. The topological polar surface area (TPSA) is 66.5 Å². The lowest BCUT2D eigenvalue weighted by Gasteiger charge is -2.22. The predicted molar refractivity (Wildman–Crippen MR) is 110 cm³/mol. The molecule has 0 aliphatic rings. The van der Waals surface area contributed by atoms with Crippen LogP contribution in [0.3, 0.4) is 0 Å². The van der Waals surface area contributed by atoms with Crippen molar-refractivity contribution in [3.05, 3.63) is 95.8 Å². The zero-order chi connectivity index (χ0) is 20.9. The zero-order valence-corrected chi connectivity index (χ0v) is 16.7. The van der Waals surface area contributed by atoms with Gasteiger partial charge in [-0.2, -0.15) is 4.31 Å². The molecule has 3 aromatic carbocycles. The number of aryl methyl sites for hydroxylation is 1. The molecule has 0 aliphatic heterocycles. The summed E-state index contributed by atoms with van der Waals surface area (Å²) in [4.78, 5) is 12.6. The molecule has 150 valence electrons. The molecule has 0 atom stereocenters. The van der Waals surface area contributed by atoms with Crippen LogP contribution in [0.15, 0.2) is 83.8 Å². The number of nitrogens with zero attached hydrogens (tertiary/aromatic N) is 1. The maximum absolute atomic E-state index is 13.2. The smallest absolute Gasteiger partial charge is 0.243 e. The van der Waals surface area contributed by atoms with E-state index in [1.807, 2.05) is 25.1 Å². The summed E-state index contributed by atoms with van der Waals surface area (Å²) in [6.45, 7) is 1.55. The van der Waals surface area contributed by atoms with Crippen LogP contribution in [0.4, 0.5) is 10.1 Å². The van der Waals surface area contributed by atoms with Crippen LogP contribution in [0.5, 0.6) is 0 Å². The van der Waals surface area contributed by atoms with Gasteiger partial charge in [0.2, 0.25) is 15.9 Å².